The summed E-state index contributed by atoms with van der Waals surface area (Å²) in [5.74, 6) is 0.0348. The Kier molecular flexibility index (Phi) is 6.40. The number of rotatable bonds is 6. The van der Waals surface area contributed by atoms with Crippen LogP contribution in [0.25, 0.3) is 34.3 Å². The maximum atomic E-state index is 14.0. The van der Waals surface area contributed by atoms with Gasteiger partial charge >= 0.3 is 6.18 Å². The van der Waals surface area contributed by atoms with Crippen molar-refractivity contribution >= 4 is 0 Å². The number of aliphatic hydroxyl groups excluding tert-OH is 1. The molecule has 0 radical (unpaired) electrons. The second kappa shape index (κ2) is 9.88. The highest BCUT2D eigenvalue weighted by Crippen LogP contribution is 2.43. The van der Waals surface area contributed by atoms with Crippen molar-refractivity contribution in [2.75, 3.05) is 13.2 Å². The Bertz CT molecular complexity index is 1410. The van der Waals surface area contributed by atoms with Crippen LogP contribution in [0.3, 0.4) is 0 Å². The number of halogens is 3. The van der Waals surface area contributed by atoms with E-state index in [0.717, 1.165) is 6.54 Å². The van der Waals surface area contributed by atoms with E-state index in [9.17, 15) is 18.3 Å². The Balaban J connectivity index is 1.24. The zero-order valence-corrected chi connectivity index (χ0v) is 20.2. The normalized spacial score (nSPS) is 19.9. The number of aliphatic hydroxyl groups is 1. The molecule has 38 heavy (non-hydrogen) atoms. The quantitative estimate of drug-likeness (QED) is 0.332. The van der Waals surface area contributed by atoms with Crippen molar-refractivity contribution in [3.8, 4) is 40.0 Å². The van der Waals surface area contributed by atoms with Crippen molar-refractivity contribution in [1.29, 1.82) is 0 Å². The van der Waals surface area contributed by atoms with Gasteiger partial charge in [-0.05, 0) is 31.4 Å². The molecule has 0 unspecified atom stereocenters. The molecule has 11 heteroatoms. The first-order chi connectivity index (χ1) is 18.4. The number of alkyl halides is 3. The summed E-state index contributed by atoms with van der Waals surface area (Å²) in [6, 6.07) is 12.7. The average molecular weight is 527 g/mol. The van der Waals surface area contributed by atoms with Gasteiger partial charge in [-0.3, -0.25) is 0 Å². The average Bonchev–Trinajstić information content (AvgIpc) is 3.69. The lowest BCUT2D eigenvalue weighted by atomic mass is 9.96. The van der Waals surface area contributed by atoms with Gasteiger partial charge in [-0.25, -0.2) is 0 Å². The van der Waals surface area contributed by atoms with Crippen molar-refractivity contribution in [1.82, 2.24) is 20.6 Å². The van der Waals surface area contributed by atoms with Gasteiger partial charge in [0.2, 0.25) is 11.6 Å². The fourth-order valence-corrected chi connectivity index (χ4v) is 5.16. The molecule has 2 aromatic heterocycles. The largest absolute Gasteiger partial charge is 0.491 e. The molecule has 198 valence electrons. The predicted octanol–water partition coefficient (Wildman–Crippen LogP) is 5.65. The Morgan fingerprint density at radius 1 is 0.974 bits per heavy atom. The van der Waals surface area contributed by atoms with Crippen LogP contribution in [0.5, 0.6) is 5.75 Å². The fourth-order valence-electron chi connectivity index (χ4n) is 5.16. The van der Waals surface area contributed by atoms with E-state index >= 15 is 0 Å². The van der Waals surface area contributed by atoms with Crippen molar-refractivity contribution in [2.45, 2.75) is 44.0 Å². The van der Waals surface area contributed by atoms with Crippen LogP contribution in [0.15, 0.2) is 57.6 Å². The first-order valence-electron chi connectivity index (χ1n) is 12.5. The second-order valence-corrected chi connectivity index (χ2v) is 9.70. The topological polar surface area (TPSA) is 106 Å². The van der Waals surface area contributed by atoms with Gasteiger partial charge in [0.15, 0.2) is 0 Å². The van der Waals surface area contributed by atoms with E-state index < -0.39 is 29.5 Å². The molecule has 2 atom stereocenters. The summed E-state index contributed by atoms with van der Waals surface area (Å²) in [7, 11) is 0. The molecule has 1 aliphatic carbocycles. The zero-order chi connectivity index (χ0) is 26.3. The van der Waals surface area contributed by atoms with Crippen molar-refractivity contribution in [3.63, 3.8) is 0 Å². The third-order valence-electron chi connectivity index (χ3n) is 7.18. The standard InChI is InChI=1S/C27H25F3N4O4/c28-27(29,30)21-22(16-8-2-1-3-9-16)33-37-24(21)26-32-25(34-38-26)17-10-11-18-20(12-17)36-14-19(23(18)35)31-13-15-6-4-5-7-15/h1-3,8-12,15,19,23,31,35H,4-7,13-14H2/t19-,23-/m0/s1. The summed E-state index contributed by atoms with van der Waals surface area (Å²) < 4.78 is 58.1. The number of nitrogens with one attached hydrogen (secondary N) is 1. The van der Waals surface area contributed by atoms with Crippen molar-refractivity contribution in [3.05, 3.63) is 59.7 Å². The number of nitrogens with zero attached hydrogens (tertiary/aromatic N) is 3. The highest BCUT2D eigenvalue weighted by Gasteiger charge is 2.43. The highest BCUT2D eigenvalue weighted by atomic mass is 19.4. The zero-order valence-electron chi connectivity index (χ0n) is 20.2. The molecule has 2 aliphatic rings. The van der Waals surface area contributed by atoms with Gasteiger partial charge in [-0.15, -0.1) is 0 Å². The SMILES string of the molecule is O[C@H]1c2ccc(-c3noc(-c4onc(-c5ccccc5)c4C(F)(F)F)n3)cc2OC[C@@H]1NCC1CCCC1. The molecule has 0 amide bonds. The van der Waals surface area contributed by atoms with Crippen LogP contribution in [-0.2, 0) is 6.18 Å². The number of fused-ring (bicyclic) bond motifs is 1. The Hall–Kier alpha value is -3.70. The summed E-state index contributed by atoms with van der Waals surface area (Å²) in [4.78, 5) is 4.15. The molecule has 2 aromatic carbocycles. The van der Waals surface area contributed by atoms with E-state index in [2.05, 4.69) is 20.6 Å². The van der Waals surface area contributed by atoms with Crippen LogP contribution < -0.4 is 10.1 Å². The van der Waals surface area contributed by atoms with E-state index in [1.54, 1.807) is 36.4 Å². The second-order valence-electron chi connectivity index (χ2n) is 9.70. The van der Waals surface area contributed by atoms with E-state index in [1.165, 1.54) is 37.8 Å². The number of hydrogen-bond donors (Lipinski definition) is 2. The number of benzene rings is 2. The molecule has 0 saturated heterocycles. The van der Waals surface area contributed by atoms with E-state index in [1.807, 2.05) is 0 Å². The molecule has 6 rings (SSSR count). The number of ether oxygens (including phenoxy) is 1. The van der Waals surface area contributed by atoms with Crippen molar-refractivity contribution < 1.29 is 32.1 Å². The van der Waals surface area contributed by atoms with Crippen LogP contribution in [0.4, 0.5) is 13.2 Å². The van der Waals surface area contributed by atoms with Gasteiger partial charge < -0.3 is 24.2 Å². The minimum atomic E-state index is -4.77. The molecule has 1 fully saturated rings. The molecule has 4 aromatic rings. The van der Waals surface area contributed by atoms with E-state index in [4.69, 9.17) is 13.8 Å². The highest BCUT2D eigenvalue weighted by molar-refractivity contribution is 5.71. The van der Waals surface area contributed by atoms with Gasteiger partial charge in [0.1, 0.15) is 29.7 Å². The molecular weight excluding hydrogens is 501 g/mol. The summed E-state index contributed by atoms with van der Waals surface area (Å²) >= 11 is 0. The van der Waals surface area contributed by atoms with Crippen LogP contribution in [0.1, 0.15) is 42.9 Å². The number of hydrogen-bond acceptors (Lipinski definition) is 8. The summed E-state index contributed by atoms with van der Waals surface area (Å²) in [6.07, 6.45) is -0.614. The third kappa shape index (κ3) is 4.67. The first kappa shape index (κ1) is 24.6. The van der Waals surface area contributed by atoms with Gasteiger partial charge in [0, 0.05) is 16.7 Å². The molecule has 8 nitrogen and oxygen atoms in total. The van der Waals surface area contributed by atoms with Crippen LogP contribution in [0, 0.1) is 5.92 Å². The molecule has 1 saturated carbocycles. The van der Waals surface area contributed by atoms with Gasteiger partial charge in [0.25, 0.3) is 5.89 Å². The monoisotopic (exact) mass is 526 g/mol. The Morgan fingerprint density at radius 2 is 1.76 bits per heavy atom. The maximum Gasteiger partial charge on any atom is 0.422 e. The lowest BCUT2D eigenvalue weighted by Gasteiger charge is -2.32. The van der Waals surface area contributed by atoms with Gasteiger partial charge in [-0.2, -0.15) is 18.2 Å². The first-order valence-corrected chi connectivity index (χ1v) is 12.5. The minimum Gasteiger partial charge on any atom is -0.491 e. The van der Waals surface area contributed by atoms with Gasteiger partial charge in [0.05, 0.1) is 6.04 Å². The van der Waals surface area contributed by atoms with Gasteiger partial charge in [-0.1, -0.05) is 65.6 Å². The fraction of sp³-hybridized carbons (Fsp3) is 0.370. The molecule has 2 N–H and O–H groups in total. The van der Waals surface area contributed by atoms with Crippen LogP contribution in [0.2, 0.25) is 0 Å². The third-order valence-corrected chi connectivity index (χ3v) is 7.18. The molecule has 0 spiro atoms. The van der Waals surface area contributed by atoms with Crippen LogP contribution in [-0.4, -0.2) is 39.6 Å². The molecule has 1 aliphatic heterocycles. The predicted molar refractivity (Wildman–Crippen MR) is 130 cm³/mol. The summed E-state index contributed by atoms with van der Waals surface area (Å²) in [5.41, 5.74) is -0.127. The minimum absolute atomic E-state index is 0.0492. The summed E-state index contributed by atoms with van der Waals surface area (Å²) in [6.45, 7) is 1.13. The Labute approximate surface area is 215 Å². The van der Waals surface area contributed by atoms with Crippen LogP contribution >= 0.6 is 0 Å². The maximum absolute atomic E-state index is 14.0. The summed E-state index contributed by atoms with van der Waals surface area (Å²) in [5, 5.41) is 21.8. The molecular formula is C27H25F3N4O4. The molecule has 3 heterocycles. The van der Waals surface area contributed by atoms with E-state index in [0.29, 0.717) is 22.8 Å². The molecule has 0 bridgehead atoms. The lowest BCUT2D eigenvalue weighted by Crippen LogP contribution is -2.44. The van der Waals surface area contributed by atoms with E-state index in [-0.39, 0.29) is 29.7 Å². The lowest BCUT2D eigenvalue weighted by molar-refractivity contribution is -0.136. The number of aromatic nitrogens is 3. The van der Waals surface area contributed by atoms with Crippen molar-refractivity contribution in [2.24, 2.45) is 5.92 Å². The smallest absolute Gasteiger partial charge is 0.422 e. The Morgan fingerprint density at radius 3 is 2.53 bits per heavy atom.